The van der Waals surface area contributed by atoms with Gasteiger partial charge in [0, 0.05) is 31.2 Å². The minimum Gasteiger partial charge on any atom is -0.469 e. The van der Waals surface area contributed by atoms with Gasteiger partial charge in [0.05, 0.1) is 44.8 Å². The van der Waals surface area contributed by atoms with Gasteiger partial charge in [-0.25, -0.2) is 9.97 Å². The van der Waals surface area contributed by atoms with Crippen LogP contribution in [0.4, 0.5) is 11.4 Å². The number of aryl methyl sites for hydroxylation is 1. The van der Waals surface area contributed by atoms with Crippen LogP contribution >= 0.6 is 0 Å². The summed E-state index contributed by atoms with van der Waals surface area (Å²) < 4.78 is 10.5. The minimum atomic E-state index is -0.182. The smallest absolute Gasteiger partial charge is 0.306 e. The summed E-state index contributed by atoms with van der Waals surface area (Å²) in [7, 11) is 1.44. The Hall–Kier alpha value is -2.51. The first-order chi connectivity index (χ1) is 15.6. The lowest BCUT2D eigenvalue weighted by molar-refractivity contribution is -0.141. The summed E-state index contributed by atoms with van der Waals surface area (Å²) in [6.07, 6.45) is 6.72. The monoisotopic (exact) mass is 440 g/mol. The van der Waals surface area contributed by atoms with Crippen LogP contribution in [-0.4, -0.2) is 54.3 Å². The fraction of sp³-hybridized carbons (Fsp3) is 0.560. The van der Waals surface area contributed by atoms with E-state index in [9.17, 15) is 4.79 Å². The van der Waals surface area contributed by atoms with E-state index in [1.807, 2.05) is 19.3 Å². The Morgan fingerprint density at radius 2 is 1.88 bits per heavy atom. The van der Waals surface area contributed by atoms with Crippen molar-refractivity contribution >= 4 is 17.3 Å². The first kappa shape index (κ1) is 24.1. The van der Waals surface area contributed by atoms with E-state index in [0.29, 0.717) is 6.42 Å². The van der Waals surface area contributed by atoms with E-state index in [1.54, 1.807) is 0 Å². The van der Waals surface area contributed by atoms with Crippen molar-refractivity contribution in [3.63, 3.8) is 0 Å². The van der Waals surface area contributed by atoms with Gasteiger partial charge in [-0.2, -0.15) is 0 Å². The largest absolute Gasteiger partial charge is 0.469 e. The molecular weight excluding hydrogens is 404 g/mol. The van der Waals surface area contributed by atoms with E-state index < -0.39 is 0 Å². The molecule has 1 fully saturated rings. The zero-order chi connectivity index (χ0) is 22.9. The molecule has 32 heavy (non-hydrogen) atoms. The zero-order valence-electron chi connectivity index (χ0n) is 19.8. The standard InChI is InChI=1S/C25H36N4O3/c1-5-18(15-25(30)31-4)19-8-9-21(23(6-2)29-10-12-32-13-11-29)22(14-19)28-20-16-26-24(7-3)27-17-20/h8-9,14,16-18,23,28H,5-7,10-13,15H2,1-4H3. The van der Waals surface area contributed by atoms with Crippen molar-refractivity contribution in [2.24, 2.45) is 0 Å². The Bertz CT molecular complexity index is 866. The molecule has 2 aromatic rings. The van der Waals surface area contributed by atoms with Gasteiger partial charge in [0.2, 0.25) is 0 Å². The van der Waals surface area contributed by atoms with Crippen molar-refractivity contribution < 1.29 is 14.3 Å². The number of anilines is 2. The van der Waals surface area contributed by atoms with Crippen LogP contribution in [0.1, 0.15) is 68.9 Å². The average molecular weight is 441 g/mol. The summed E-state index contributed by atoms with van der Waals surface area (Å²) in [5.74, 6) is 0.756. The Morgan fingerprint density at radius 1 is 1.16 bits per heavy atom. The molecule has 1 saturated heterocycles. The number of hydrogen-bond donors (Lipinski definition) is 1. The van der Waals surface area contributed by atoms with Crippen molar-refractivity contribution in [1.29, 1.82) is 0 Å². The molecule has 1 aliphatic rings. The van der Waals surface area contributed by atoms with Gasteiger partial charge in [0.1, 0.15) is 5.82 Å². The number of carbonyl (C=O) groups excluding carboxylic acids is 1. The van der Waals surface area contributed by atoms with Gasteiger partial charge >= 0.3 is 5.97 Å². The second-order valence-electron chi connectivity index (χ2n) is 8.17. The molecule has 0 aliphatic carbocycles. The highest BCUT2D eigenvalue weighted by molar-refractivity contribution is 5.71. The number of ether oxygens (including phenoxy) is 2. The van der Waals surface area contributed by atoms with E-state index in [0.717, 1.165) is 68.3 Å². The zero-order valence-corrected chi connectivity index (χ0v) is 19.8. The Kier molecular flexibility index (Phi) is 9.00. The van der Waals surface area contributed by atoms with E-state index in [-0.39, 0.29) is 17.9 Å². The number of aromatic nitrogens is 2. The Morgan fingerprint density at radius 3 is 2.47 bits per heavy atom. The quantitative estimate of drug-likeness (QED) is 0.540. The van der Waals surface area contributed by atoms with Crippen molar-refractivity contribution in [3.8, 4) is 0 Å². The van der Waals surface area contributed by atoms with Crippen LogP contribution in [0.15, 0.2) is 30.6 Å². The summed E-state index contributed by atoms with van der Waals surface area (Å²) in [6.45, 7) is 9.76. The minimum absolute atomic E-state index is 0.110. The van der Waals surface area contributed by atoms with E-state index in [4.69, 9.17) is 9.47 Å². The molecule has 0 saturated carbocycles. The van der Waals surface area contributed by atoms with Crippen LogP contribution in [0.2, 0.25) is 0 Å². The van der Waals surface area contributed by atoms with Crippen molar-refractivity contribution in [2.45, 2.75) is 58.4 Å². The number of benzene rings is 1. The topological polar surface area (TPSA) is 76.6 Å². The highest BCUT2D eigenvalue weighted by atomic mass is 16.5. The molecule has 174 valence electrons. The Balaban J connectivity index is 1.97. The van der Waals surface area contributed by atoms with E-state index >= 15 is 0 Å². The fourth-order valence-corrected chi connectivity index (χ4v) is 4.33. The molecule has 0 amide bonds. The SMILES string of the molecule is CCc1ncc(Nc2cc(C(CC)CC(=O)OC)ccc2C(CC)N2CCOCC2)cn1. The van der Waals surface area contributed by atoms with Crippen molar-refractivity contribution in [1.82, 2.24) is 14.9 Å². The number of nitrogens with zero attached hydrogens (tertiary/aromatic N) is 3. The lowest BCUT2D eigenvalue weighted by Gasteiger charge is -2.35. The highest BCUT2D eigenvalue weighted by Gasteiger charge is 2.25. The number of carbonyl (C=O) groups is 1. The van der Waals surface area contributed by atoms with Crippen LogP contribution in [-0.2, 0) is 20.7 Å². The first-order valence-electron chi connectivity index (χ1n) is 11.7. The second kappa shape index (κ2) is 11.9. The fourth-order valence-electron chi connectivity index (χ4n) is 4.33. The van der Waals surface area contributed by atoms with Crippen LogP contribution in [0.25, 0.3) is 0 Å². The van der Waals surface area contributed by atoms with Gasteiger partial charge in [-0.3, -0.25) is 9.69 Å². The normalized spacial score (nSPS) is 16.4. The third-order valence-electron chi connectivity index (χ3n) is 6.21. The molecular formula is C25H36N4O3. The summed E-state index contributed by atoms with van der Waals surface area (Å²) in [5, 5.41) is 3.57. The predicted molar refractivity (Wildman–Crippen MR) is 126 cm³/mol. The summed E-state index contributed by atoms with van der Waals surface area (Å²) in [5.41, 5.74) is 4.27. The molecule has 7 nitrogen and oxygen atoms in total. The molecule has 2 unspecified atom stereocenters. The molecule has 2 atom stereocenters. The van der Waals surface area contributed by atoms with Crippen LogP contribution in [0.3, 0.4) is 0 Å². The molecule has 1 aromatic heterocycles. The summed E-state index contributed by atoms with van der Waals surface area (Å²) >= 11 is 0. The van der Waals surface area contributed by atoms with Crippen molar-refractivity contribution in [2.75, 3.05) is 38.7 Å². The van der Waals surface area contributed by atoms with Gasteiger partial charge in [-0.1, -0.05) is 32.9 Å². The van der Waals surface area contributed by atoms with Crippen LogP contribution in [0, 0.1) is 0 Å². The summed E-state index contributed by atoms with van der Waals surface area (Å²) in [4.78, 5) is 23.3. The number of rotatable bonds is 10. The molecule has 0 spiro atoms. The molecule has 3 rings (SSSR count). The maximum Gasteiger partial charge on any atom is 0.306 e. The number of nitrogens with one attached hydrogen (secondary N) is 1. The van der Waals surface area contributed by atoms with Gasteiger partial charge in [-0.15, -0.1) is 0 Å². The Labute approximate surface area is 191 Å². The lowest BCUT2D eigenvalue weighted by Crippen LogP contribution is -2.39. The van der Waals surface area contributed by atoms with Gasteiger partial charge < -0.3 is 14.8 Å². The third kappa shape index (κ3) is 6.04. The van der Waals surface area contributed by atoms with E-state index in [1.165, 1.54) is 12.7 Å². The van der Waals surface area contributed by atoms with Crippen LogP contribution in [0.5, 0.6) is 0 Å². The highest BCUT2D eigenvalue weighted by Crippen LogP contribution is 2.36. The molecule has 1 N–H and O–H groups in total. The maximum absolute atomic E-state index is 11.9. The van der Waals surface area contributed by atoms with Gasteiger partial charge in [-0.05, 0) is 36.0 Å². The molecule has 1 aliphatic heterocycles. The van der Waals surface area contributed by atoms with Gasteiger partial charge in [0.15, 0.2) is 0 Å². The van der Waals surface area contributed by atoms with Crippen LogP contribution < -0.4 is 5.32 Å². The number of morpholine rings is 1. The second-order valence-corrected chi connectivity index (χ2v) is 8.17. The van der Waals surface area contributed by atoms with Crippen molar-refractivity contribution in [3.05, 3.63) is 47.5 Å². The summed E-state index contributed by atoms with van der Waals surface area (Å²) in [6, 6.07) is 6.84. The number of methoxy groups -OCH3 is 1. The average Bonchev–Trinajstić information content (AvgIpc) is 2.84. The van der Waals surface area contributed by atoms with Gasteiger partial charge in [0.25, 0.3) is 0 Å². The maximum atomic E-state index is 11.9. The van der Waals surface area contributed by atoms with E-state index in [2.05, 4.69) is 52.2 Å². The third-order valence-corrected chi connectivity index (χ3v) is 6.21. The first-order valence-corrected chi connectivity index (χ1v) is 11.7. The molecule has 1 aromatic carbocycles. The lowest BCUT2D eigenvalue weighted by atomic mass is 9.90. The number of esters is 1. The predicted octanol–water partition coefficient (Wildman–Crippen LogP) is 4.62. The number of hydrogen-bond acceptors (Lipinski definition) is 7. The molecule has 0 radical (unpaired) electrons. The molecule has 7 heteroatoms. The molecule has 2 heterocycles. The molecule has 0 bridgehead atoms.